The Morgan fingerprint density at radius 1 is 1.18 bits per heavy atom. The van der Waals surface area contributed by atoms with Gasteiger partial charge in [0.15, 0.2) is 4.90 Å². The Morgan fingerprint density at radius 2 is 2.00 bits per heavy atom. The molecule has 2 N–H and O–H groups in total. The van der Waals surface area contributed by atoms with Crippen molar-refractivity contribution in [2.75, 3.05) is 29.9 Å². The van der Waals surface area contributed by atoms with Gasteiger partial charge in [0, 0.05) is 54.7 Å². The Balaban J connectivity index is 1.38. The molecule has 0 bridgehead atoms. The zero-order valence-corrected chi connectivity index (χ0v) is 19.0. The predicted molar refractivity (Wildman–Crippen MR) is 132 cm³/mol. The van der Waals surface area contributed by atoms with Crippen LogP contribution in [0.4, 0.5) is 17.2 Å². The first-order valence-electron chi connectivity index (χ1n) is 10.9. The molecule has 2 aromatic carbocycles. The summed E-state index contributed by atoms with van der Waals surface area (Å²) in [5.74, 6) is 0.663. The van der Waals surface area contributed by atoms with Crippen molar-refractivity contribution in [1.82, 2.24) is 14.3 Å². The summed E-state index contributed by atoms with van der Waals surface area (Å²) in [5.41, 5.74) is 3.33. The molecule has 2 atom stereocenters. The molecule has 166 valence electrons. The van der Waals surface area contributed by atoms with Gasteiger partial charge in [-0.15, -0.1) is 0 Å². The van der Waals surface area contributed by atoms with Gasteiger partial charge in [0.05, 0.1) is 6.20 Å². The summed E-state index contributed by atoms with van der Waals surface area (Å²) in [6, 6.07) is 21.7. The van der Waals surface area contributed by atoms with Gasteiger partial charge in [-0.3, -0.25) is 0 Å². The zero-order chi connectivity index (χ0) is 22.8. The molecule has 33 heavy (non-hydrogen) atoms. The number of pyridine rings is 1. The van der Waals surface area contributed by atoms with E-state index in [0.29, 0.717) is 22.3 Å². The van der Waals surface area contributed by atoms with E-state index in [2.05, 4.69) is 45.6 Å². The molecular formula is C25H24N6OS. The summed E-state index contributed by atoms with van der Waals surface area (Å²) in [4.78, 5) is 7.38. The third kappa shape index (κ3) is 4.39. The van der Waals surface area contributed by atoms with Crippen LogP contribution in [0.25, 0.3) is 10.9 Å². The number of benzene rings is 2. The summed E-state index contributed by atoms with van der Waals surface area (Å²) >= 11 is -1.54. The lowest BCUT2D eigenvalue weighted by Crippen LogP contribution is -2.49. The standard InChI is InChI=1S/C25H24N6OS/c1-18-17-30(13-11-27-18)22-8-6-21(7-9-22)29-25-14-23-20(16-28-25)10-12-31(23)33(32)24-5-3-2-4-19(24)15-26/h2-10,12,14,16,18,27H,11,13,17H2,1H3,(H,28,29)/t18-,33?/m0/s1. The molecule has 5 rings (SSSR count). The van der Waals surface area contributed by atoms with Crippen LogP contribution in [0.3, 0.4) is 0 Å². The molecule has 1 fully saturated rings. The average molecular weight is 457 g/mol. The molecule has 4 aromatic rings. The highest BCUT2D eigenvalue weighted by Crippen LogP contribution is 2.27. The number of rotatable bonds is 5. The maximum Gasteiger partial charge on any atom is 0.198 e. The lowest BCUT2D eigenvalue weighted by atomic mass is 10.2. The number of anilines is 3. The first kappa shape index (κ1) is 21.3. The molecular weight excluding hydrogens is 432 g/mol. The molecule has 0 saturated carbocycles. The Labute approximate surface area is 196 Å². The van der Waals surface area contributed by atoms with Crippen molar-refractivity contribution in [3.8, 4) is 6.07 Å². The van der Waals surface area contributed by atoms with Gasteiger partial charge in [-0.25, -0.2) is 4.98 Å². The highest BCUT2D eigenvalue weighted by molar-refractivity contribution is 7.90. The number of nitriles is 1. The highest BCUT2D eigenvalue weighted by Gasteiger charge is 2.21. The number of hydrogen-bond donors (Lipinski definition) is 2. The Hall–Kier alpha value is -3.51. The molecule has 1 aliphatic rings. The van der Waals surface area contributed by atoms with Gasteiger partial charge in [-0.05, 0) is 49.4 Å². The summed E-state index contributed by atoms with van der Waals surface area (Å²) in [6.07, 6.45) is 3.53. The summed E-state index contributed by atoms with van der Waals surface area (Å²) < 4.78 is 14.9. The van der Waals surface area contributed by atoms with E-state index in [-0.39, 0.29) is 0 Å². The van der Waals surface area contributed by atoms with Crippen LogP contribution in [0.15, 0.2) is 78.0 Å². The van der Waals surface area contributed by atoms with Crippen LogP contribution in [0.5, 0.6) is 0 Å². The fourth-order valence-electron chi connectivity index (χ4n) is 4.10. The first-order chi connectivity index (χ1) is 16.1. The lowest BCUT2D eigenvalue weighted by Gasteiger charge is -2.33. The molecule has 2 aromatic heterocycles. The smallest absolute Gasteiger partial charge is 0.198 e. The van der Waals surface area contributed by atoms with Gasteiger partial charge >= 0.3 is 0 Å². The van der Waals surface area contributed by atoms with Crippen molar-refractivity contribution in [2.24, 2.45) is 0 Å². The van der Waals surface area contributed by atoms with Crippen LogP contribution in [0.1, 0.15) is 12.5 Å². The van der Waals surface area contributed by atoms with Gasteiger partial charge in [0.2, 0.25) is 0 Å². The minimum atomic E-state index is -1.54. The van der Waals surface area contributed by atoms with E-state index in [1.165, 1.54) is 5.69 Å². The maximum absolute atomic E-state index is 13.3. The number of nitrogens with zero attached hydrogens (tertiary/aromatic N) is 4. The molecule has 1 unspecified atom stereocenters. The normalized spacial score (nSPS) is 17.0. The maximum atomic E-state index is 13.3. The molecule has 0 amide bonds. The van der Waals surface area contributed by atoms with Crippen LogP contribution < -0.4 is 15.5 Å². The summed E-state index contributed by atoms with van der Waals surface area (Å²) in [6.45, 7) is 5.18. The second kappa shape index (κ2) is 9.16. The molecule has 7 nitrogen and oxygen atoms in total. The SMILES string of the molecule is C[C@H]1CN(c2ccc(Nc3cc4c(ccn4[S+]([O-])c4ccccc4C#N)cn3)cc2)CCN1. The van der Waals surface area contributed by atoms with E-state index >= 15 is 0 Å². The summed E-state index contributed by atoms with van der Waals surface area (Å²) in [7, 11) is 0. The van der Waals surface area contributed by atoms with E-state index in [1.807, 2.05) is 24.3 Å². The monoisotopic (exact) mass is 456 g/mol. The molecule has 8 heteroatoms. The van der Waals surface area contributed by atoms with Crippen molar-refractivity contribution >= 4 is 39.5 Å². The second-order valence-electron chi connectivity index (χ2n) is 8.10. The van der Waals surface area contributed by atoms with Crippen LogP contribution in [0, 0.1) is 11.3 Å². The molecule has 1 saturated heterocycles. The number of fused-ring (bicyclic) bond motifs is 1. The van der Waals surface area contributed by atoms with Crippen LogP contribution in [0.2, 0.25) is 0 Å². The van der Waals surface area contributed by atoms with Crippen molar-refractivity contribution in [1.29, 1.82) is 5.26 Å². The number of hydrogen-bond acceptors (Lipinski definition) is 6. The van der Waals surface area contributed by atoms with Crippen molar-refractivity contribution in [3.63, 3.8) is 0 Å². The van der Waals surface area contributed by atoms with E-state index in [9.17, 15) is 9.81 Å². The third-order valence-electron chi connectivity index (χ3n) is 5.79. The molecule has 0 spiro atoms. The van der Waals surface area contributed by atoms with E-state index in [4.69, 9.17) is 0 Å². The van der Waals surface area contributed by atoms with Gasteiger partial charge in [-0.1, -0.05) is 12.1 Å². The van der Waals surface area contributed by atoms with Gasteiger partial charge < -0.3 is 20.1 Å². The molecule has 0 aliphatic carbocycles. The Bertz CT molecular complexity index is 1310. The highest BCUT2D eigenvalue weighted by atomic mass is 32.2. The fourth-order valence-corrected chi connectivity index (χ4v) is 5.32. The van der Waals surface area contributed by atoms with Crippen molar-refractivity contribution in [3.05, 3.63) is 78.6 Å². The van der Waals surface area contributed by atoms with Crippen LogP contribution in [-0.2, 0) is 11.4 Å². The van der Waals surface area contributed by atoms with Crippen LogP contribution in [-0.4, -0.2) is 39.2 Å². The fraction of sp³-hybridized carbons (Fsp3) is 0.200. The largest absolute Gasteiger partial charge is 0.587 e. The molecule has 0 radical (unpaired) electrons. The number of nitrogens with one attached hydrogen (secondary N) is 2. The second-order valence-corrected chi connectivity index (χ2v) is 9.43. The van der Waals surface area contributed by atoms with Gasteiger partial charge in [-0.2, -0.15) is 9.23 Å². The molecule has 3 heterocycles. The van der Waals surface area contributed by atoms with E-state index in [1.54, 1.807) is 40.6 Å². The third-order valence-corrected chi connectivity index (χ3v) is 7.19. The van der Waals surface area contributed by atoms with Crippen LogP contribution >= 0.6 is 0 Å². The first-order valence-corrected chi connectivity index (χ1v) is 12.0. The van der Waals surface area contributed by atoms with Gasteiger partial charge in [0.1, 0.15) is 34.3 Å². The van der Waals surface area contributed by atoms with E-state index < -0.39 is 11.4 Å². The van der Waals surface area contributed by atoms with Crippen molar-refractivity contribution in [2.45, 2.75) is 17.9 Å². The topological polar surface area (TPSA) is 92.0 Å². The Morgan fingerprint density at radius 3 is 2.79 bits per heavy atom. The van der Waals surface area contributed by atoms with Crippen molar-refractivity contribution < 1.29 is 4.55 Å². The van der Waals surface area contributed by atoms with E-state index in [0.717, 1.165) is 36.2 Å². The lowest BCUT2D eigenvalue weighted by molar-refractivity contribution is 0.485. The Kier molecular flexibility index (Phi) is 5.92. The number of aromatic nitrogens is 2. The quantitative estimate of drug-likeness (QED) is 0.441. The summed E-state index contributed by atoms with van der Waals surface area (Å²) in [5, 5.41) is 17.1. The zero-order valence-electron chi connectivity index (χ0n) is 18.2. The minimum absolute atomic E-state index is 0.407. The van der Waals surface area contributed by atoms with Gasteiger partial charge in [0.25, 0.3) is 0 Å². The minimum Gasteiger partial charge on any atom is -0.587 e. The predicted octanol–water partition coefficient (Wildman–Crippen LogP) is 4.02. The molecule has 1 aliphatic heterocycles. The number of piperazine rings is 1. The average Bonchev–Trinajstić information content (AvgIpc) is 3.27.